The molecule has 3 rings (SSSR count). The van der Waals surface area contributed by atoms with Crippen molar-refractivity contribution in [1.29, 1.82) is 0 Å². The molecule has 154 valence electrons. The highest BCUT2D eigenvalue weighted by Crippen LogP contribution is 2.31. The number of pyridine rings is 1. The molecule has 2 heterocycles. The van der Waals surface area contributed by atoms with Crippen molar-refractivity contribution < 1.29 is 29.2 Å². The summed E-state index contributed by atoms with van der Waals surface area (Å²) in [4.78, 5) is 46.9. The highest BCUT2D eigenvalue weighted by Gasteiger charge is 2.27. The van der Waals surface area contributed by atoms with Crippen LogP contribution in [0.1, 0.15) is 38.9 Å². The first-order chi connectivity index (χ1) is 14.1. The van der Waals surface area contributed by atoms with E-state index in [2.05, 4.69) is 5.32 Å². The number of rotatable bonds is 6. The van der Waals surface area contributed by atoms with Gasteiger partial charge in [-0.05, 0) is 36.8 Å². The number of fused-ring (bicyclic) bond motifs is 1. The largest absolute Gasteiger partial charge is 0.490 e. The van der Waals surface area contributed by atoms with Gasteiger partial charge in [0, 0.05) is 30.4 Å². The Hall–Kier alpha value is -4.21. The van der Waals surface area contributed by atoms with Crippen molar-refractivity contribution in [3.8, 4) is 5.75 Å². The third kappa shape index (κ3) is 3.46. The van der Waals surface area contributed by atoms with Crippen LogP contribution in [0, 0.1) is 17.0 Å². The molecule has 1 aromatic carbocycles. The van der Waals surface area contributed by atoms with E-state index < -0.39 is 16.7 Å². The van der Waals surface area contributed by atoms with Gasteiger partial charge in [0.05, 0.1) is 28.8 Å². The molecule has 2 aromatic heterocycles. The van der Waals surface area contributed by atoms with Crippen molar-refractivity contribution in [3.05, 3.63) is 69.0 Å². The van der Waals surface area contributed by atoms with Gasteiger partial charge in [-0.2, -0.15) is 0 Å². The van der Waals surface area contributed by atoms with Crippen LogP contribution in [0.5, 0.6) is 5.75 Å². The summed E-state index contributed by atoms with van der Waals surface area (Å²) in [5.74, 6) is -2.18. The Kier molecular flexibility index (Phi) is 5.24. The van der Waals surface area contributed by atoms with Crippen LogP contribution in [0.25, 0.3) is 5.52 Å². The molecule has 0 unspecified atom stereocenters. The average Bonchev–Trinajstić information content (AvgIpc) is 2.97. The average molecular weight is 411 g/mol. The van der Waals surface area contributed by atoms with Gasteiger partial charge in [0.25, 0.3) is 0 Å². The number of nitrogens with one attached hydrogen (secondary N) is 1. The Morgan fingerprint density at radius 1 is 1.20 bits per heavy atom. The van der Waals surface area contributed by atoms with E-state index in [4.69, 9.17) is 4.74 Å². The minimum atomic E-state index is -1.23. The Bertz CT molecular complexity index is 1230. The Morgan fingerprint density at radius 2 is 1.90 bits per heavy atom. The normalized spacial score (nSPS) is 10.6. The predicted molar refractivity (Wildman–Crippen MR) is 106 cm³/mol. The summed E-state index contributed by atoms with van der Waals surface area (Å²) in [5, 5.41) is 23.3. The quantitative estimate of drug-likeness (QED) is 0.361. The highest BCUT2D eigenvalue weighted by molar-refractivity contribution is 6.13. The van der Waals surface area contributed by atoms with Crippen molar-refractivity contribution in [3.63, 3.8) is 0 Å². The monoisotopic (exact) mass is 411 g/mol. The third-order valence-electron chi connectivity index (χ3n) is 4.57. The van der Waals surface area contributed by atoms with Crippen LogP contribution in [0.4, 0.5) is 11.4 Å². The molecule has 0 aliphatic rings. The van der Waals surface area contributed by atoms with Crippen LogP contribution < -0.4 is 10.1 Å². The fraction of sp³-hybridized carbons (Fsp3) is 0.150. The summed E-state index contributed by atoms with van der Waals surface area (Å²) in [7, 11) is 1.25. The molecule has 0 bridgehead atoms. The molecule has 2 N–H and O–H groups in total. The van der Waals surface area contributed by atoms with Crippen molar-refractivity contribution in [2.45, 2.75) is 13.8 Å². The summed E-state index contributed by atoms with van der Waals surface area (Å²) in [6.45, 7) is 2.83. The van der Waals surface area contributed by atoms with Crippen molar-refractivity contribution in [1.82, 2.24) is 4.40 Å². The topological polar surface area (TPSA) is 140 Å². The molecule has 0 spiro atoms. The Labute approximate surface area is 169 Å². The number of carbonyl (C=O) groups excluding carboxylic acids is 2. The number of methoxy groups -OCH3 is 1. The number of carboxylic acids is 1. The minimum Gasteiger partial charge on any atom is -0.490 e. The first-order valence-electron chi connectivity index (χ1n) is 8.68. The number of ketones is 1. The first-order valence-corrected chi connectivity index (χ1v) is 8.68. The van der Waals surface area contributed by atoms with Crippen LogP contribution in [0.2, 0.25) is 0 Å². The number of carboxylic acid groups (broad SMARTS) is 1. The minimum absolute atomic E-state index is 0.0839. The summed E-state index contributed by atoms with van der Waals surface area (Å²) >= 11 is 0. The molecule has 1 amide bonds. The molecule has 0 aliphatic heterocycles. The fourth-order valence-electron chi connectivity index (χ4n) is 3.32. The lowest BCUT2D eigenvalue weighted by atomic mass is 10.0. The molecule has 30 heavy (non-hydrogen) atoms. The van der Waals surface area contributed by atoms with Gasteiger partial charge in [-0.15, -0.1) is 0 Å². The molecule has 0 saturated carbocycles. The van der Waals surface area contributed by atoms with Gasteiger partial charge < -0.3 is 19.6 Å². The number of carbonyl (C=O) groups is 3. The van der Waals surface area contributed by atoms with E-state index in [0.29, 0.717) is 5.69 Å². The molecule has 0 fully saturated rings. The van der Waals surface area contributed by atoms with E-state index >= 15 is 0 Å². The number of hydrogen-bond acceptors (Lipinski definition) is 6. The van der Waals surface area contributed by atoms with E-state index in [9.17, 15) is 29.6 Å². The van der Waals surface area contributed by atoms with E-state index in [1.165, 1.54) is 55.8 Å². The van der Waals surface area contributed by atoms with E-state index in [1.807, 2.05) is 0 Å². The second-order valence-electron chi connectivity index (χ2n) is 6.48. The van der Waals surface area contributed by atoms with Crippen molar-refractivity contribution in [2.75, 3.05) is 12.4 Å². The molecule has 3 aromatic rings. The maximum absolute atomic E-state index is 13.2. The summed E-state index contributed by atoms with van der Waals surface area (Å²) in [6.07, 6.45) is 1.48. The smallest absolute Gasteiger partial charge is 0.338 e. The van der Waals surface area contributed by atoms with E-state index in [-0.39, 0.29) is 45.2 Å². The number of ether oxygens (including phenoxy) is 1. The van der Waals surface area contributed by atoms with Gasteiger partial charge in [-0.1, -0.05) is 0 Å². The highest BCUT2D eigenvalue weighted by atomic mass is 16.6. The number of nitrogens with zero attached hydrogens (tertiary/aromatic N) is 2. The number of amides is 1. The van der Waals surface area contributed by atoms with Gasteiger partial charge >= 0.3 is 11.7 Å². The summed E-state index contributed by atoms with van der Waals surface area (Å²) in [6, 6.07) is 6.68. The van der Waals surface area contributed by atoms with Gasteiger partial charge in [-0.25, -0.2) is 4.79 Å². The molecular weight excluding hydrogens is 394 g/mol. The Morgan fingerprint density at radius 3 is 2.47 bits per heavy atom. The number of hydrogen-bond donors (Lipinski definition) is 2. The van der Waals surface area contributed by atoms with Crippen LogP contribution in [0.3, 0.4) is 0 Å². The zero-order valence-corrected chi connectivity index (χ0v) is 16.3. The van der Waals surface area contributed by atoms with Gasteiger partial charge in [0.15, 0.2) is 5.75 Å². The van der Waals surface area contributed by atoms with Crippen molar-refractivity contribution >= 4 is 34.6 Å². The molecule has 0 saturated heterocycles. The standard InChI is InChI=1S/C20H17N3O7/c1-10-17(20(26)27)15-9-13(21-11(2)24)6-7-22(15)18(10)19(25)12-4-5-14(23(28)29)16(8-12)30-3/h4-9H,1-3H3,(H,21,24)(H,26,27). The summed E-state index contributed by atoms with van der Waals surface area (Å²) in [5.41, 5.74) is 0.645. The zero-order valence-electron chi connectivity index (χ0n) is 16.3. The van der Waals surface area contributed by atoms with Gasteiger partial charge in [-0.3, -0.25) is 19.7 Å². The third-order valence-corrected chi connectivity index (χ3v) is 4.57. The number of benzene rings is 1. The number of nitro benzene ring substituents is 1. The van der Waals surface area contributed by atoms with Crippen LogP contribution in [-0.2, 0) is 4.79 Å². The lowest BCUT2D eigenvalue weighted by Crippen LogP contribution is -2.09. The second-order valence-corrected chi connectivity index (χ2v) is 6.48. The maximum Gasteiger partial charge on any atom is 0.338 e. The molecule has 0 atom stereocenters. The zero-order chi connectivity index (χ0) is 22.2. The Balaban J connectivity index is 2.21. The maximum atomic E-state index is 13.2. The lowest BCUT2D eigenvalue weighted by Gasteiger charge is -2.08. The predicted octanol–water partition coefficient (Wildman–Crippen LogP) is 3.05. The second kappa shape index (κ2) is 7.66. The van der Waals surface area contributed by atoms with Crippen LogP contribution >= 0.6 is 0 Å². The SMILES string of the molecule is COc1cc(C(=O)c2c(C)c(C(=O)O)c3cc(NC(C)=O)ccn23)ccc1[N+](=O)[O-]. The van der Waals surface area contributed by atoms with E-state index in [0.717, 1.165) is 6.07 Å². The van der Waals surface area contributed by atoms with Gasteiger partial charge in [0.2, 0.25) is 11.7 Å². The molecule has 0 radical (unpaired) electrons. The van der Waals surface area contributed by atoms with Crippen molar-refractivity contribution in [2.24, 2.45) is 0 Å². The number of anilines is 1. The molecule has 10 heteroatoms. The summed E-state index contributed by atoms with van der Waals surface area (Å²) < 4.78 is 6.43. The number of aromatic carboxylic acids is 1. The van der Waals surface area contributed by atoms with Crippen LogP contribution in [-0.4, -0.2) is 39.2 Å². The molecule has 10 nitrogen and oxygen atoms in total. The molecule has 0 aliphatic carbocycles. The lowest BCUT2D eigenvalue weighted by molar-refractivity contribution is -0.385. The fourth-order valence-corrected chi connectivity index (χ4v) is 3.32. The first kappa shape index (κ1) is 20.5. The van der Waals surface area contributed by atoms with Gasteiger partial charge in [0.1, 0.15) is 0 Å². The molecular formula is C20H17N3O7. The number of aromatic nitrogens is 1. The number of nitro groups is 1. The van der Waals surface area contributed by atoms with Crippen LogP contribution in [0.15, 0.2) is 36.5 Å². The van der Waals surface area contributed by atoms with E-state index in [1.54, 1.807) is 0 Å².